The van der Waals surface area contributed by atoms with Crippen LogP contribution in [0.5, 0.6) is 5.75 Å². The third-order valence-electron chi connectivity index (χ3n) is 4.61. The van der Waals surface area contributed by atoms with Gasteiger partial charge in [0.1, 0.15) is 18.2 Å². The van der Waals surface area contributed by atoms with E-state index in [-0.39, 0.29) is 17.3 Å². The molecule has 1 heterocycles. The molecule has 0 radical (unpaired) electrons. The smallest absolute Gasteiger partial charge is 0.416 e. The van der Waals surface area contributed by atoms with Crippen LogP contribution in [0.2, 0.25) is 0 Å². The van der Waals surface area contributed by atoms with Gasteiger partial charge in [0.2, 0.25) is 0 Å². The predicted molar refractivity (Wildman–Crippen MR) is 95.7 cm³/mol. The Labute approximate surface area is 160 Å². The molecule has 1 saturated heterocycles. The average Bonchev–Trinajstić information content (AvgIpc) is 2.69. The van der Waals surface area contributed by atoms with Gasteiger partial charge < -0.3 is 9.64 Å². The van der Waals surface area contributed by atoms with Crippen LogP contribution in [0.3, 0.4) is 0 Å². The summed E-state index contributed by atoms with van der Waals surface area (Å²) in [6.07, 6.45) is -4.41. The maximum atomic E-state index is 12.9. The van der Waals surface area contributed by atoms with Gasteiger partial charge in [0, 0.05) is 38.3 Å². The SMILES string of the molecule is O=C(c1ccc(C(F)(F)F)cc1)N1CCN(CCOc2ccc(F)cc2)CC1. The Balaban J connectivity index is 1.44. The summed E-state index contributed by atoms with van der Waals surface area (Å²) in [6, 6.07) is 10.1. The number of rotatable bonds is 5. The zero-order valence-corrected chi connectivity index (χ0v) is 15.1. The maximum absolute atomic E-state index is 12.9. The summed E-state index contributed by atoms with van der Waals surface area (Å²) in [6.45, 7) is 3.41. The molecule has 0 aliphatic carbocycles. The van der Waals surface area contributed by atoms with E-state index >= 15 is 0 Å². The molecule has 0 spiro atoms. The van der Waals surface area contributed by atoms with Gasteiger partial charge in [-0.1, -0.05) is 0 Å². The Morgan fingerprint density at radius 2 is 1.54 bits per heavy atom. The lowest BCUT2D eigenvalue weighted by Crippen LogP contribution is -2.49. The third-order valence-corrected chi connectivity index (χ3v) is 4.61. The van der Waals surface area contributed by atoms with Crippen LogP contribution in [0.4, 0.5) is 17.6 Å². The van der Waals surface area contributed by atoms with Crippen LogP contribution in [0.15, 0.2) is 48.5 Å². The molecule has 150 valence electrons. The fourth-order valence-electron chi connectivity index (χ4n) is 2.98. The Hall–Kier alpha value is -2.61. The number of benzene rings is 2. The standard InChI is InChI=1S/C20H20F4N2O2/c21-17-5-7-18(8-6-17)28-14-13-25-9-11-26(12-10-25)19(27)15-1-3-16(4-2-15)20(22,23)24/h1-8H,9-14H2. The Kier molecular flexibility index (Phi) is 6.18. The summed E-state index contributed by atoms with van der Waals surface area (Å²) in [5.41, 5.74) is -0.517. The van der Waals surface area contributed by atoms with Crippen LogP contribution in [-0.2, 0) is 6.18 Å². The molecule has 2 aromatic carbocycles. The number of alkyl halides is 3. The number of carbonyl (C=O) groups excluding carboxylic acids is 1. The van der Waals surface area contributed by atoms with E-state index in [0.717, 1.165) is 12.1 Å². The molecule has 2 aromatic rings. The van der Waals surface area contributed by atoms with Crippen molar-refractivity contribution in [2.24, 2.45) is 0 Å². The number of halogens is 4. The monoisotopic (exact) mass is 396 g/mol. The topological polar surface area (TPSA) is 32.8 Å². The van der Waals surface area contributed by atoms with Gasteiger partial charge in [0.15, 0.2) is 0 Å². The molecular weight excluding hydrogens is 376 g/mol. The molecule has 4 nitrogen and oxygen atoms in total. The minimum atomic E-state index is -4.41. The molecule has 0 saturated carbocycles. The van der Waals surface area contributed by atoms with E-state index in [1.165, 1.54) is 24.3 Å². The second-order valence-corrected chi connectivity index (χ2v) is 6.51. The molecule has 28 heavy (non-hydrogen) atoms. The lowest BCUT2D eigenvalue weighted by molar-refractivity contribution is -0.137. The first-order valence-corrected chi connectivity index (χ1v) is 8.90. The summed E-state index contributed by atoms with van der Waals surface area (Å²) in [7, 11) is 0. The summed E-state index contributed by atoms with van der Waals surface area (Å²) in [5, 5.41) is 0. The zero-order valence-electron chi connectivity index (χ0n) is 15.1. The Morgan fingerprint density at radius 3 is 2.11 bits per heavy atom. The number of hydrogen-bond donors (Lipinski definition) is 0. The highest BCUT2D eigenvalue weighted by atomic mass is 19.4. The van der Waals surface area contributed by atoms with Crippen molar-refractivity contribution < 1.29 is 27.1 Å². The maximum Gasteiger partial charge on any atom is 0.416 e. The average molecular weight is 396 g/mol. The summed E-state index contributed by atoms with van der Waals surface area (Å²) in [4.78, 5) is 16.2. The molecule has 1 amide bonds. The van der Waals surface area contributed by atoms with Gasteiger partial charge in [-0.05, 0) is 48.5 Å². The van der Waals surface area contributed by atoms with Crippen LogP contribution in [0.25, 0.3) is 0 Å². The molecule has 0 N–H and O–H groups in total. The van der Waals surface area contributed by atoms with Crippen molar-refractivity contribution in [1.82, 2.24) is 9.80 Å². The minimum Gasteiger partial charge on any atom is -0.492 e. The van der Waals surface area contributed by atoms with Crippen molar-refractivity contribution in [2.45, 2.75) is 6.18 Å². The highest BCUT2D eigenvalue weighted by Crippen LogP contribution is 2.29. The van der Waals surface area contributed by atoms with E-state index in [0.29, 0.717) is 45.1 Å². The molecule has 8 heteroatoms. The van der Waals surface area contributed by atoms with E-state index < -0.39 is 11.7 Å². The molecule has 0 aromatic heterocycles. The van der Waals surface area contributed by atoms with E-state index in [2.05, 4.69) is 4.90 Å². The Bertz CT molecular complexity index is 783. The largest absolute Gasteiger partial charge is 0.492 e. The van der Waals surface area contributed by atoms with Crippen molar-refractivity contribution in [3.05, 3.63) is 65.5 Å². The van der Waals surface area contributed by atoms with Crippen molar-refractivity contribution in [3.63, 3.8) is 0 Å². The van der Waals surface area contributed by atoms with Gasteiger partial charge in [-0.15, -0.1) is 0 Å². The molecule has 1 aliphatic rings. The van der Waals surface area contributed by atoms with Crippen LogP contribution < -0.4 is 4.74 Å². The zero-order chi connectivity index (χ0) is 20.1. The number of piperazine rings is 1. The molecule has 0 bridgehead atoms. The second kappa shape index (κ2) is 8.60. The van der Waals surface area contributed by atoms with Gasteiger partial charge >= 0.3 is 6.18 Å². The van der Waals surface area contributed by atoms with Crippen molar-refractivity contribution in [3.8, 4) is 5.75 Å². The molecule has 1 fully saturated rings. The van der Waals surface area contributed by atoms with Crippen LogP contribution in [-0.4, -0.2) is 55.0 Å². The fraction of sp³-hybridized carbons (Fsp3) is 0.350. The van der Waals surface area contributed by atoms with E-state index in [1.807, 2.05) is 0 Å². The lowest BCUT2D eigenvalue weighted by atomic mass is 10.1. The molecule has 0 atom stereocenters. The van der Waals surface area contributed by atoms with E-state index in [9.17, 15) is 22.4 Å². The van der Waals surface area contributed by atoms with E-state index in [1.54, 1.807) is 17.0 Å². The third kappa shape index (κ3) is 5.22. The quantitative estimate of drug-likeness (QED) is 0.723. The van der Waals surface area contributed by atoms with Gasteiger partial charge in [0.05, 0.1) is 5.56 Å². The number of ether oxygens (including phenoxy) is 1. The lowest BCUT2D eigenvalue weighted by Gasteiger charge is -2.34. The highest BCUT2D eigenvalue weighted by molar-refractivity contribution is 5.94. The Morgan fingerprint density at radius 1 is 0.929 bits per heavy atom. The first-order chi connectivity index (χ1) is 13.3. The van der Waals surface area contributed by atoms with Gasteiger partial charge in [0.25, 0.3) is 5.91 Å². The summed E-state index contributed by atoms with van der Waals surface area (Å²) in [5.74, 6) is 0.00893. The molecule has 3 rings (SSSR count). The summed E-state index contributed by atoms with van der Waals surface area (Å²) < 4.78 is 56.3. The predicted octanol–water partition coefficient (Wildman–Crippen LogP) is 3.68. The summed E-state index contributed by atoms with van der Waals surface area (Å²) >= 11 is 0. The van der Waals surface area contributed by atoms with Crippen LogP contribution in [0.1, 0.15) is 15.9 Å². The van der Waals surface area contributed by atoms with Crippen molar-refractivity contribution >= 4 is 5.91 Å². The molecule has 0 unspecified atom stereocenters. The van der Waals surface area contributed by atoms with Crippen LogP contribution >= 0.6 is 0 Å². The number of nitrogens with zero attached hydrogens (tertiary/aromatic N) is 2. The minimum absolute atomic E-state index is 0.251. The van der Waals surface area contributed by atoms with Gasteiger partial charge in [-0.2, -0.15) is 13.2 Å². The van der Waals surface area contributed by atoms with Crippen molar-refractivity contribution in [2.75, 3.05) is 39.3 Å². The molecular formula is C20H20F4N2O2. The fourth-order valence-corrected chi connectivity index (χ4v) is 2.98. The number of amides is 1. The van der Waals surface area contributed by atoms with Crippen molar-refractivity contribution in [1.29, 1.82) is 0 Å². The van der Waals surface area contributed by atoms with Gasteiger partial charge in [-0.3, -0.25) is 9.69 Å². The number of hydrogen-bond acceptors (Lipinski definition) is 3. The second-order valence-electron chi connectivity index (χ2n) is 6.51. The van der Waals surface area contributed by atoms with E-state index in [4.69, 9.17) is 4.74 Å². The van der Waals surface area contributed by atoms with Gasteiger partial charge in [-0.25, -0.2) is 4.39 Å². The van der Waals surface area contributed by atoms with Crippen LogP contribution in [0, 0.1) is 5.82 Å². The normalized spacial score (nSPS) is 15.5. The molecule has 1 aliphatic heterocycles. The first-order valence-electron chi connectivity index (χ1n) is 8.90. The highest BCUT2D eigenvalue weighted by Gasteiger charge is 2.30. The first kappa shape index (κ1) is 20.1. The number of carbonyl (C=O) groups is 1.